The zero-order chi connectivity index (χ0) is 17.2. The van der Waals surface area contributed by atoms with Crippen LogP contribution in [-0.4, -0.2) is 23.2 Å². The molecule has 1 amide bonds. The van der Waals surface area contributed by atoms with Crippen LogP contribution in [0.5, 0.6) is 0 Å². The van der Waals surface area contributed by atoms with E-state index < -0.39 is 0 Å². The van der Waals surface area contributed by atoms with Crippen LogP contribution in [0.1, 0.15) is 22.7 Å². The number of amides is 1. The lowest BCUT2D eigenvalue weighted by Gasteiger charge is -2.21. The van der Waals surface area contributed by atoms with E-state index in [2.05, 4.69) is 11.1 Å². The van der Waals surface area contributed by atoms with E-state index in [9.17, 15) is 4.79 Å². The molecule has 0 unspecified atom stereocenters. The van der Waals surface area contributed by atoms with Crippen LogP contribution in [0.2, 0.25) is 0 Å². The smallest absolute Gasteiger partial charge is 0.296 e. The number of benzene rings is 2. The standard InChI is InChI=1S/C20H18N2O2S/c1-14-18(24-19(21-14)15-8-3-2-4-9-15)20(23)22-12-7-13-25-17-11-6-5-10-16(17)22/h2-6,8-11H,7,12-13H2,1H3. The quantitative estimate of drug-likeness (QED) is 0.666. The Labute approximate surface area is 150 Å². The zero-order valence-corrected chi connectivity index (χ0v) is 14.8. The molecule has 2 heterocycles. The van der Waals surface area contributed by atoms with Gasteiger partial charge >= 0.3 is 0 Å². The fraction of sp³-hybridized carbons (Fsp3) is 0.200. The maximum absolute atomic E-state index is 13.2. The predicted octanol–water partition coefficient (Wildman–Crippen LogP) is 4.79. The molecule has 0 N–H and O–H groups in total. The SMILES string of the molecule is Cc1nc(-c2ccccc2)oc1C(=O)N1CCCSc2ccccc21. The highest BCUT2D eigenvalue weighted by molar-refractivity contribution is 7.99. The fourth-order valence-corrected chi connectivity index (χ4v) is 3.95. The number of rotatable bonds is 2. The van der Waals surface area contributed by atoms with Crippen LogP contribution < -0.4 is 4.90 Å². The van der Waals surface area contributed by atoms with E-state index in [4.69, 9.17) is 4.42 Å². The molecule has 0 atom stereocenters. The molecule has 0 saturated heterocycles. The third-order valence-electron chi connectivity index (χ3n) is 4.20. The summed E-state index contributed by atoms with van der Waals surface area (Å²) in [5, 5.41) is 0. The number of anilines is 1. The van der Waals surface area contributed by atoms with Gasteiger partial charge in [-0.25, -0.2) is 4.98 Å². The van der Waals surface area contributed by atoms with E-state index in [0.29, 0.717) is 23.9 Å². The molecule has 0 radical (unpaired) electrons. The van der Waals surface area contributed by atoms with Crippen molar-refractivity contribution in [1.29, 1.82) is 0 Å². The second kappa shape index (κ2) is 6.76. The van der Waals surface area contributed by atoms with Crippen LogP contribution in [0.4, 0.5) is 5.69 Å². The summed E-state index contributed by atoms with van der Waals surface area (Å²) >= 11 is 1.79. The first-order valence-corrected chi connectivity index (χ1v) is 9.29. The molecule has 0 saturated carbocycles. The van der Waals surface area contributed by atoms with E-state index in [1.54, 1.807) is 11.8 Å². The second-order valence-corrected chi connectivity index (χ2v) is 7.06. The molecule has 0 fully saturated rings. The van der Waals surface area contributed by atoms with Crippen molar-refractivity contribution in [2.75, 3.05) is 17.2 Å². The number of hydrogen-bond acceptors (Lipinski definition) is 4. The first-order chi connectivity index (χ1) is 12.2. The van der Waals surface area contributed by atoms with Crippen LogP contribution in [-0.2, 0) is 0 Å². The minimum absolute atomic E-state index is 0.123. The van der Waals surface area contributed by atoms with Crippen LogP contribution in [0, 0.1) is 6.92 Å². The number of hydrogen-bond donors (Lipinski definition) is 0. The Hall–Kier alpha value is -2.53. The van der Waals surface area contributed by atoms with E-state index in [0.717, 1.165) is 28.3 Å². The first kappa shape index (κ1) is 16.0. The largest absolute Gasteiger partial charge is 0.431 e. The van der Waals surface area contributed by atoms with Crippen molar-refractivity contribution < 1.29 is 9.21 Å². The molecule has 3 aromatic rings. The van der Waals surface area contributed by atoms with Gasteiger partial charge in [-0.2, -0.15) is 0 Å². The number of nitrogens with zero attached hydrogens (tertiary/aromatic N) is 2. The van der Waals surface area contributed by atoms with Crippen molar-refractivity contribution in [3.8, 4) is 11.5 Å². The van der Waals surface area contributed by atoms with Gasteiger partial charge in [0.25, 0.3) is 5.91 Å². The summed E-state index contributed by atoms with van der Waals surface area (Å²) in [6.45, 7) is 2.51. The molecule has 0 aliphatic carbocycles. The number of carbonyl (C=O) groups is 1. The molecular weight excluding hydrogens is 332 g/mol. The summed E-state index contributed by atoms with van der Waals surface area (Å²) in [4.78, 5) is 20.6. The molecule has 126 valence electrons. The van der Waals surface area contributed by atoms with Crippen LogP contribution in [0.3, 0.4) is 0 Å². The van der Waals surface area contributed by atoms with Gasteiger partial charge in [0.15, 0.2) is 0 Å². The third kappa shape index (κ3) is 3.07. The van der Waals surface area contributed by atoms with Crippen LogP contribution in [0.25, 0.3) is 11.5 Å². The maximum atomic E-state index is 13.2. The van der Waals surface area contributed by atoms with Crippen LogP contribution >= 0.6 is 11.8 Å². The lowest BCUT2D eigenvalue weighted by atomic mass is 10.2. The topological polar surface area (TPSA) is 46.3 Å². The molecule has 25 heavy (non-hydrogen) atoms. The average molecular weight is 350 g/mol. The summed E-state index contributed by atoms with van der Waals surface area (Å²) in [5.41, 5.74) is 2.45. The highest BCUT2D eigenvalue weighted by atomic mass is 32.2. The van der Waals surface area contributed by atoms with Crippen molar-refractivity contribution >= 4 is 23.4 Å². The number of carbonyl (C=O) groups excluding carboxylic acids is 1. The Kier molecular flexibility index (Phi) is 4.32. The monoisotopic (exact) mass is 350 g/mol. The van der Waals surface area contributed by atoms with Crippen molar-refractivity contribution in [2.45, 2.75) is 18.2 Å². The Morgan fingerprint density at radius 3 is 2.72 bits per heavy atom. The molecule has 0 spiro atoms. The first-order valence-electron chi connectivity index (χ1n) is 8.30. The fourth-order valence-electron chi connectivity index (χ4n) is 2.96. The molecule has 4 rings (SSSR count). The maximum Gasteiger partial charge on any atom is 0.296 e. The lowest BCUT2D eigenvalue weighted by molar-refractivity contribution is 0.0960. The van der Waals surface area contributed by atoms with E-state index in [1.165, 1.54) is 0 Å². The normalized spacial score (nSPS) is 14.0. The number of fused-ring (bicyclic) bond motifs is 1. The molecule has 1 aliphatic heterocycles. The lowest BCUT2D eigenvalue weighted by Crippen LogP contribution is -2.32. The van der Waals surface area contributed by atoms with E-state index >= 15 is 0 Å². The highest BCUT2D eigenvalue weighted by Crippen LogP contribution is 2.35. The van der Waals surface area contributed by atoms with Gasteiger partial charge in [-0.05, 0) is 43.4 Å². The molecule has 4 nitrogen and oxygen atoms in total. The molecule has 0 bridgehead atoms. The van der Waals surface area contributed by atoms with Gasteiger partial charge in [0.05, 0.1) is 11.4 Å². The van der Waals surface area contributed by atoms with Gasteiger partial charge in [-0.1, -0.05) is 30.3 Å². The summed E-state index contributed by atoms with van der Waals surface area (Å²) < 4.78 is 5.86. The van der Waals surface area contributed by atoms with Gasteiger partial charge < -0.3 is 9.32 Å². The van der Waals surface area contributed by atoms with Gasteiger partial charge in [0, 0.05) is 17.0 Å². The minimum Gasteiger partial charge on any atom is -0.431 e. The Morgan fingerprint density at radius 2 is 1.88 bits per heavy atom. The summed E-state index contributed by atoms with van der Waals surface area (Å²) in [6, 6.07) is 17.7. The van der Waals surface area contributed by atoms with E-state index in [-0.39, 0.29) is 5.91 Å². The van der Waals surface area contributed by atoms with E-state index in [1.807, 2.05) is 60.4 Å². The van der Waals surface area contributed by atoms with Gasteiger partial charge in [0.2, 0.25) is 11.7 Å². The highest BCUT2D eigenvalue weighted by Gasteiger charge is 2.27. The Bertz CT molecular complexity index is 905. The molecule has 5 heteroatoms. The second-order valence-electron chi connectivity index (χ2n) is 5.93. The Balaban J connectivity index is 1.71. The summed E-state index contributed by atoms with van der Waals surface area (Å²) in [7, 11) is 0. The number of para-hydroxylation sites is 1. The number of oxazole rings is 1. The van der Waals surface area contributed by atoms with Gasteiger partial charge in [0.1, 0.15) is 0 Å². The van der Waals surface area contributed by atoms with Crippen LogP contribution in [0.15, 0.2) is 63.9 Å². The van der Waals surface area contributed by atoms with Gasteiger partial charge in [-0.15, -0.1) is 11.8 Å². The summed E-state index contributed by atoms with van der Waals surface area (Å²) in [5.74, 6) is 1.69. The van der Waals surface area contributed by atoms with Crippen molar-refractivity contribution in [3.63, 3.8) is 0 Å². The average Bonchev–Trinajstić information content (AvgIpc) is 2.91. The third-order valence-corrected chi connectivity index (χ3v) is 5.35. The molecule has 2 aromatic carbocycles. The van der Waals surface area contributed by atoms with Gasteiger partial charge in [-0.3, -0.25) is 4.79 Å². The zero-order valence-electron chi connectivity index (χ0n) is 13.9. The van der Waals surface area contributed by atoms with Crippen molar-refractivity contribution in [3.05, 3.63) is 66.1 Å². The molecule has 1 aromatic heterocycles. The molecule has 1 aliphatic rings. The molecular formula is C20H18N2O2S. The summed E-state index contributed by atoms with van der Waals surface area (Å²) in [6.07, 6.45) is 0.948. The number of thioether (sulfide) groups is 1. The predicted molar refractivity (Wildman–Crippen MR) is 100 cm³/mol. The minimum atomic E-state index is -0.123. The van der Waals surface area contributed by atoms with Crippen molar-refractivity contribution in [1.82, 2.24) is 4.98 Å². The number of aryl methyl sites for hydroxylation is 1. The number of aromatic nitrogens is 1. The Morgan fingerprint density at radius 1 is 1.12 bits per heavy atom. The van der Waals surface area contributed by atoms with Crippen molar-refractivity contribution in [2.24, 2.45) is 0 Å².